The van der Waals surface area contributed by atoms with Crippen LogP contribution in [0.5, 0.6) is 0 Å². The third kappa shape index (κ3) is 2.63. The Morgan fingerprint density at radius 3 is 2.62 bits per heavy atom. The molecule has 2 aliphatic heterocycles. The lowest BCUT2D eigenvalue weighted by Crippen LogP contribution is -2.49. The molecule has 122 valence electrons. The molecule has 4 rings (SSSR count). The first-order valence-corrected chi connectivity index (χ1v) is 9.04. The van der Waals surface area contributed by atoms with Crippen molar-refractivity contribution in [3.63, 3.8) is 0 Å². The van der Waals surface area contributed by atoms with Crippen LogP contribution in [0.25, 0.3) is 0 Å². The zero-order valence-corrected chi connectivity index (χ0v) is 14.9. The molecule has 0 radical (unpaired) electrons. The molecule has 0 bridgehead atoms. The fourth-order valence-electron chi connectivity index (χ4n) is 3.92. The molecule has 0 aliphatic carbocycles. The number of hydrogen-bond donors (Lipinski definition) is 0. The predicted octanol–water partition coefficient (Wildman–Crippen LogP) is 3.22. The van der Waals surface area contributed by atoms with Gasteiger partial charge in [-0.3, -0.25) is 0 Å². The summed E-state index contributed by atoms with van der Waals surface area (Å²) in [6.07, 6.45) is 5.95. The van der Waals surface area contributed by atoms with Gasteiger partial charge in [0, 0.05) is 32.0 Å². The molecule has 24 heavy (non-hydrogen) atoms. The largest absolute Gasteiger partial charge is 0.353 e. The number of nitriles is 1. The minimum absolute atomic E-state index is 0.415. The van der Waals surface area contributed by atoms with Crippen LogP contribution in [0.2, 0.25) is 0 Å². The van der Waals surface area contributed by atoms with E-state index >= 15 is 0 Å². The van der Waals surface area contributed by atoms with Gasteiger partial charge < -0.3 is 9.80 Å². The van der Waals surface area contributed by atoms with E-state index in [0.717, 1.165) is 42.2 Å². The average molecular weight is 384 g/mol. The topological polar surface area (TPSA) is 56.1 Å². The quantitative estimate of drug-likeness (QED) is 0.796. The van der Waals surface area contributed by atoms with Crippen LogP contribution >= 0.6 is 15.9 Å². The van der Waals surface area contributed by atoms with E-state index in [1.165, 1.54) is 6.42 Å². The van der Waals surface area contributed by atoms with Gasteiger partial charge in [0.1, 0.15) is 17.7 Å². The fraction of sp³-hybridized carbons (Fsp3) is 0.389. The van der Waals surface area contributed by atoms with Crippen LogP contribution in [-0.2, 0) is 0 Å². The van der Waals surface area contributed by atoms with Gasteiger partial charge in [0.05, 0.1) is 16.1 Å². The number of pyridine rings is 2. The van der Waals surface area contributed by atoms with Gasteiger partial charge in [0.2, 0.25) is 0 Å². The number of anilines is 2. The number of rotatable bonds is 2. The van der Waals surface area contributed by atoms with E-state index in [-0.39, 0.29) is 0 Å². The Morgan fingerprint density at radius 1 is 1.08 bits per heavy atom. The minimum Gasteiger partial charge on any atom is -0.353 e. The smallest absolute Gasteiger partial charge is 0.146 e. The maximum absolute atomic E-state index is 9.36. The molecule has 2 aromatic rings. The first-order chi connectivity index (χ1) is 11.8. The van der Waals surface area contributed by atoms with E-state index in [4.69, 9.17) is 0 Å². The van der Waals surface area contributed by atoms with Gasteiger partial charge in [-0.15, -0.1) is 0 Å². The Bertz CT molecular complexity index is 787. The summed E-state index contributed by atoms with van der Waals surface area (Å²) in [5, 5.41) is 9.36. The minimum atomic E-state index is 0.415. The molecule has 0 amide bonds. The maximum atomic E-state index is 9.36. The lowest BCUT2D eigenvalue weighted by atomic mass is 9.92. The third-order valence-corrected chi connectivity index (χ3v) is 5.70. The molecule has 2 saturated heterocycles. The SMILES string of the molecule is N#Cc1cccnc1N1CCC2CCN(c3ncccc3Br)C2C1. The Hall–Kier alpha value is -2.13. The van der Waals surface area contributed by atoms with Crippen molar-refractivity contribution in [3.05, 3.63) is 46.7 Å². The van der Waals surface area contributed by atoms with Crippen molar-refractivity contribution in [1.29, 1.82) is 5.26 Å². The first kappa shape index (κ1) is 15.4. The highest BCUT2D eigenvalue weighted by atomic mass is 79.9. The molecule has 2 fully saturated rings. The molecule has 0 aromatic carbocycles. The monoisotopic (exact) mass is 383 g/mol. The summed E-state index contributed by atoms with van der Waals surface area (Å²) in [6, 6.07) is 10.3. The van der Waals surface area contributed by atoms with Gasteiger partial charge in [-0.1, -0.05) is 0 Å². The molecule has 6 heteroatoms. The second-order valence-corrected chi connectivity index (χ2v) is 7.19. The summed E-state index contributed by atoms with van der Waals surface area (Å²) < 4.78 is 1.04. The molecule has 0 spiro atoms. The zero-order valence-electron chi connectivity index (χ0n) is 13.3. The van der Waals surface area contributed by atoms with Crippen molar-refractivity contribution in [1.82, 2.24) is 9.97 Å². The van der Waals surface area contributed by atoms with Crippen molar-refractivity contribution in [2.24, 2.45) is 5.92 Å². The van der Waals surface area contributed by atoms with E-state index in [9.17, 15) is 5.26 Å². The summed E-state index contributed by atoms with van der Waals surface area (Å²) in [6.45, 7) is 2.88. The standard InChI is InChI=1S/C18H18BrN5/c19-15-4-2-8-22-18(15)24-10-6-13-5-9-23(12-16(13)24)17-14(11-20)3-1-7-21-17/h1-4,7-8,13,16H,5-6,9-10,12H2. The van der Waals surface area contributed by atoms with E-state index in [1.807, 2.05) is 30.5 Å². The maximum Gasteiger partial charge on any atom is 0.146 e. The van der Waals surface area contributed by atoms with E-state index in [0.29, 0.717) is 17.5 Å². The molecule has 2 atom stereocenters. The van der Waals surface area contributed by atoms with Crippen LogP contribution in [-0.4, -0.2) is 35.6 Å². The van der Waals surface area contributed by atoms with E-state index in [2.05, 4.69) is 41.8 Å². The van der Waals surface area contributed by atoms with Crippen LogP contribution in [0.3, 0.4) is 0 Å². The molecule has 2 unspecified atom stereocenters. The molecule has 0 N–H and O–H groups in total. The Balaban J connectivity index is 1.62. The fourth-order valence-corrected chi connectivity index (χ4v) is 4.40. The summed E-state index contributed by atoms with van der Waals surface area (Å²) in [7, 11) is 0. The van der Waals surface area contributed by atoms with Crippen molar-refractivity contribution in [2.45, 2.75) is 18.9 Å². The summed E-state index contributed by atoms with van der Waals surface area (Å²) >= 11 is 3.63. The number of hydrogen-bond acceptors (Lipinski definition) is 5. The predicted molar refractivity (Wildman–Crippen MR) is 97.0 cm³/mol. The lowest BCUT2D eigenvalue weighted by molar-refractivity contribution is 0.388. The van der Waals surface area contributed by atoms with E-state index < -0.39 is 0 Å². The Morgan fingerprint density at radius 2 is 1.83 bits per heavy atom. The summed E-state index contributed by atoms with van der Waals surface area (Å²) in [5.74, 6) is 2.52. The van der Waals surface area contributed by atoms with Crippen LogP contribution in [0.4, 0.5) is 11.6 Å². The van der Waals surface area contributed by atoms with Crippen molar-refractivity contribution >= 4 is 27.6 Å². The van der Waals surface area contributed by atoms with Crippen molar-refractivity contribution < 1.29 is 0 Å². The lowest BCUT2D eigenvalue weighted by Gasteiger charge is -2.39. The van der Waals surface area contributed by atoms with Crippen LogP contribution in [0.15, 0.2) is 41.1 Å². The van der Waals surface area contributed by atoms with Crippen LogP contribution in [0.1, 0.15) is 18.4 Å². The van der Waals surface area contributed by atoms with Gasteiger partial charge >= 0.3 is 0 Å². The van der Waals surface area contributed by atoms with Gasteiger partial charge in [-0.25, -0.2) is 9.97 Å². The number of halogens is 1. The second kappa shape index (κ2) is 6.40. The van der Waals surface area contributed by atoms with Crippen LogP contribution in [0, 0.1) is 17.2 Å². The number of piperidine rings is 1. The number of nitrogens with zero attached hydrogens (tertiary/aromatic N) is 5. The number of fused-ring (bicyclic) bond motifs is 1. The molecular formula is C18H18BrN5. The Labute approximate surface area is 150 Å². The van der Waals surface area contributed by atoms with Gasteiger partial charge in [0.15, 0.2) is 0 Å². The van der Waals surface area contributed by atoms with Crippen molar-refractivity contribution in [2.75, 3.05) is 29.4 Å². The van der Waals surface area contributed by atoms with E-state index in [1.54, 1.807) is 6.20 Å². The number of aromatic nitrogens is 2. The summed E-state index contributed by atoms with van der Waals surface area (Å²) in [5.41, 5.74) is 0.652. The molecule has 4 heterocycles. The van der Waals surface area contributed by atoms with Gasteiger partial charge in [-0.2, -0.15) is 5.26 Å². The second-order valence-electron chi connectivity index (χ2n) is 6.34. The van der Waals surface area contributed by atoms with Crippen LogP contribution < -0.4 is 9.80 Å². The average Bonchev–Trinajstić information content (AvgIpc) is 3.05. The highest BCUT2D eigenvalue weighted by molar-refractivity contribution is 9.10. The Kier molecular flexibility index (Phi) is 4.11. The highest BCUT2D eigenvalue weighted by Crippen LogP contribution is 2.38. The molecule has 2 aliphatic rings. The highest BCUT2D eigenvalue weighted by Gasteiger charge is 2.40. The first-order valence-electron chi connectivity index (χ1n) is 8.25. The third-order valence-electron chi connectivity index (χ3n) is 5.08. The normalized spacial score (nSPS) is 23.0. The van der Waals surface area contributed by atoms with Gasteiger partial charge in [0.25, 0.3) is 0 Å². The molecule has 2 aromatic heterocycles. The molecule has 5 nitrogen and oxygen atoms in total. The zero-order chi connectivity index (χ0) is 16.5. The van der Waals surface area contributed by atoms with Crippen molar-refractivity contribution in [3.8, 4) is 6.07 Å². The molecule has 0 saturated carbocycles. The molecular weight excluding hydrogens is 366 g/mol. The van der Waals surface area contributed by atoms with Gasteiger partial charge in [-0.05, 0) is 59.0 Å². The summed E-state index contributed by atoms with van der Waals surface area (Å²) in [4.78, 5) is 13.7.